The van der Waals surface area contributed by atoms with Gasteiger partial charge >= 0.3 is 5.97 Å². The van der Waals surface area contributed by atoms with E-state index in [0.29, 0.717) is 46.2 Å². The number of hydrogen-bond acceptors (Lipinski definition) is 8. The van der Waals surface area contributed by atoms with Gasteiger partial charge in [-0.2, -0.15) is 10.2 Å². The van der Waals surface area contributed by atoms with Crippen molar-refractivity contribution in [2.24, 2.45) is 0 Å². The number of benzene rings is 1. The Kier molecular flexibility index (Phi) is 8.13. The van der Waals surface area contributed by atoms with Crippen LogP contribution in [0.1, 0.15) is 57.8 Å². The van der Waals surface area contributed by atoms with Gasteiger partial charge in [0, 0.05) is 28.8 Å². The smallest absolute Gasteiger partial charge is 0.341 e. The number of halogens is 1. The molecule has 1 aromatic carbocycles. The molecule has 12 nitrogen and oxygen atoms in total. The standard InChI is InChI=1S/C20H21ClN4O3.C8H7N3O2/c1-12-8-9-22-19-16(11-23-25(12)19)20(27)24-17-10-13(21)2-7-18(17)28-15-5-3-14(26)4-6-15;1-5-2-3-9-7-6(8(12)13)4-10-11(5)7/h2,7-11,14-15,26H,3-6H2,1H3,(H,24,27);2-4H,1H3,(H,12,13). The van der Waals surface area contributed by atoms with Crippen LogP contribution in [0.2, 0.25) is 5.02 Å². The van der Waals surface area contributed by atoms with Crippen LogP contribution in [0.15, 0.2) is 55.1 Å². The number of nitrogens with one attached hydrogen (secondary N) is 1. The van der Waals surface area contributed by atoms with Crippen LogP contribution in [0.4, 0.5) is 5.69 Å². The quantitative estimate of drug-likeness (QED) is 0.276. The predicted molar refractivity (Wildman–Crippen MR) is 151 cm³/mol. The highest BCUT2D eigenvalue weighted by Gasteiger charge is 2.23. The number of aromatic nitrogens is 6. The molecular weight excluding hydrogens is 550 g/mol. The fraction of sp³-hybridized carbons (Fsp3) is 0.286. The first-order valence-electron chi connectivity index (χ1n) is 13.0. The summed E-state index contributed by atoms with van der Waals surface area (Å²) < 4.78 is 9.22. The minimum Gasteiger partial charge on any atom is -0.488 e. The molecule has 4 aromatic heterocycles. The van der Waals surface area contributed by atoms with Gasteiger partial charge in [-0.25, -0.2) is 23.8 Å². The summed E-state index contributed by atoms with van der Waals surface area (Å²) in [5, 5.41) is 30.0. The Hall–Kier alpha value is -4.55. The van der Waals surface area contributed by atoms with Gasteiger partial charge in [0.1, 0.15) is 16.9 Å². The van der Waals surface area contributed by atoms with Gasteiger partial charge in [-0.1, -0.05) is 11.6 Å². The molecule has 0 bridgehead atoms. The van der Waals surface area contributed by atoms with Crippen LogP contribution >= 0.6 is 11.6 Å². The highest BCUT2D eigenvalue weighted by atomic mass is 35.5. The van der Waals surface area contributed by atoms with Gasteiger partial charge in [0.2, 0.25) is 0 Å². The number of amides is 1. The number of aryl methyl sites for hydroxylation is 2. The number of aromatic carboxylic acids is 1. The first-order chi connectivity index (χ1) is 19.7. The Morgan fingerprint density at radius 3 is 2.12 bits per heavy atom. The van der Waals surface area contributed by atoms with Crippen molar-refractivity contribution in [3.8, 4) is 5.75 Å². The molecule has 4 heterocycles. The molecule has 0 aliphatic heterocycles. The molecule has 0 unspecified atom stereocenters. The maximum absolute atomic E-state index is 12.9. The maximum atomic E-state index is 12.9. The fourth-order valence-electron chi connectivity index (χ4n) is 4.57. The third-order valence-electron chi connectivity index (χ3n) is 6.78. The van der Waals surface area contributed by atoms with Gasteiger partial charge in [-0.15, -0.1) is 0 Å². The second-order valence-electron chi connectivity index (χ2n) is 9.71. The summed E-state index contributed by atoms with van der Waals surface area (Å²) in [4.78, 5) is 31.8. The van der Waals surface area contributed by atoms with E-state index in [4.69, 9.17) is 21.4 Å². The number of fused-ring (bicyclic) bond motifs is 2. The lowest BCUT2D eigenvalue weighted by molar-refractivity contribution is 0.0669. The molecular formula is C28H28ClN7O5. The average molecular weight is 578 g/mol. The topological polar surface area (TPSA) is 156 Å². The monoisotopic (exact) mass is 577 g/mol. The van der Waals surface area contributed by atoms with Crippen molar-refractivity contribution in [2.75, 3.05) is 5.32 Å². The van der Waals surface area contributed by atoms with Gasteiger partial charge < -0.3 is 20.3 Å². The molecule has 6 rings (SSSR count). The lowest BCUT2D eigenvalue weighted by atomic mass is 9.95. The van der Waals surface area contributed by atoms with Crippen molar-refractivity contribution in [2.45, 2.75) is 51.7 Å². The van der Waals surface area contributed by atoms with Crippen molar-refractivity contribution < 1.29 is 24.5 Å². The summed E-state index contributed by atoms with van der Waals surface area (Å²) in [5.41, 5.74) is 3.61. The number of carbonyl (C=O) groups is 2. The lowest BCUT2D eigenvalue weighted by Crippen LogP contribution is -2.27. The van der Waals surface area contributed by atoms with E-state index in [9.17, 15) is 14.7 Å². The number of anilines is 1. The molecule has 1 aliphatic carbocycles. The van der Waals surface area contributed by atoms with Gasteiger partial charge in [0.25, 0.3) is 5.91 Å². The van der Waals surface area contributed by atoms with Crippen molar-refractivity contribution in [3.63, 3.8) is 0 Å². The maximum Gasteiger partial charge on any atom is 0.341 e. The number of nitrogens with zero attached hydrogens (tertiary/aromatic N) is 6. The Morgan fingerprint density at radius 1 is 0.927 bits per heavy atom. The van der Waals surface area contributed by atoms with Crippen molar-refractivity contribution >= 4 is 40.5 Å². The minimum atomic E-state index is -1.01. The second kappa shape index (κ2) is 11.9. The molecule has 0 atom stereocenters. The molecule has 0 radical (unpaired) electrons. The van der Waals surface area contributed by atoms with Crippen molar-refractivity contribution in [3.05, 3.63) is 82.7 Å². The van der Waals surface area contributed by atoms with Gasteiger partial charge in [-0.05, 0) is 69.9 Å². The highest BCUT2D eigenvalue weighted by Crippen LogP contribution is 2.32. The number of hydrogen-bond donors (Lipinski definition) is 3. The first kappa shape index (κ1) is 28.0. The first-order valence-corrected chi connectivity index (χ1v) is 13.4. The van der Waals surface area contributed by atoms with Crippen LogP contribution in [0.25, 0.3) is 11.3 Å². The Balaban J connectivity index is 0.000000216. The fourth-order valence-corrected chi connectivity index (χ4v) is 4.74. The van der Waals surface area contributed by atoms with E-state index in [-0.39, 0.29) is 23.7 Å². The molecule has 5 aromatic rings. The third kappa shape index (κ3) is 6.13. The van der Waals surface area contributed by atoms with Crippen LogP contribution in [0.5, 0.6) is 5.75 Å². The van der Waals surface area contributed by atoms with Crippen LogP contribution in [0.3, 0.4) is 0 Å². The van der Waals surface area contributed by atoms with Gasteiger partial charge in [0.15, 0.2) is 11.3 Å². The molecule has 1 aliphatic rings. The van der Waals surface area contributed by atoms with E-state index in [1.54, 1.807) is 41.2 Å². The van der Waals surface area contributed by atoms with E-state index >= 15 is 0 Å². The van der Waals surface area contributed by atoms with Crippen LogP contribution < -0.4 is 10.1 Å². The minimum absolute atomic E-state index is 0.00141. The number of carboxylic acids is 1. The molecule has 1 amide bonds. The van der Waals surface area contributed by atoms with E-state index in [0.717, 1.165) is 24.2 Å². The van der Waals surface area contributed by atoms with E-state index in [1.807, 2.05) is 19.9 Å². The summed E-state index contributed by atoms with van der Waals surface area (Å²) in [6, 6.07) is 8.74. The third-order valence-corrected chi connectivity index (χ3v) is 7.02. The summed E-state index contributed by atoms with van der Waals surface area (Å²) in [7, 11) is 0. The Bertz CT molecular complexity index is 1730. The summed E-state index contributed by atoms with van der Waals surface area (Å²) >= 11 is 6.13. The number of rotatable bonds is 5. The van der Waals surface area contributed by atoms with E-state index in [1.165, 1.54) is 16.9 Å². The second-order valence-corrected chi connectivity index (χ2v) is 10.1. The van der Waals surface area contributed by atoms with Crippen molar-refractivity contribution in [1.29, 1.82) is 0 Å². The van der Waals surface area contributed by atoms with Gasteiger partial charge in [0.05, 0.1) is 30.3 Å². The van der Waals surface area contributed by atoms with E-state index < -0.39 is 5.97 Å². The van der Waals surface area contributed by atoms with Crippen LogP contribution in [-0.2, 0) is 0 Å². The zero-order chi connectivity index (χ0) is 29.1. The normalized spacial score (nSPS) is 16.7. The molecule has 1 fully saturated rings. The Labute approximate surface area is 239 Å². The van der Waals surface area contributed by atoms with Crippen LogP contribution in [0, 0.1) is 13.8 Å². The zero-order valence-corrected chi connectivity index (χ0v) is 23.1. The summed E-state index contributed by atoms with van der Waals surface area (Å²) in [6.07, 6.45) is 8.74. The molecule has 0 spiro atoms. The molecule has 13 heteroatoms. The largest absolute Gasteiger partial charge is 0.488 e. The SMILES string of the molecule is Cc1ccnc2c(C(=O)Nc3cc(Cl)ccc3OC3CCC(O)CC3)cnn12.Cc1ccnc2c(C(=O)O)cnn12. The lowest BCUT2D eigenvalue weighted by Gasteiger charge is -2.27. The van der Waals surface area contributed by atoms with Crippen molar-refractivity contribution in [1.82, 2.24) is 29.2 Å². The predicted octanol–water partition coefficient (Wildman–Crippen LogP) is 4.36. The molecule has 3 N–H and O–H groups in total. The summed E-state index contributed by atoms with van der Waals surface area (Å²) in [5.74, 6) is -0.785. The molecule has 0 saturated heterocycles. The van der Waals surface area contributed by atoms with E-state index in [2.05, 4.69) is 25.5 Å². The highest BCUT2D eigenvalue weighted by molar-refractivity contribution is 6.31. The average Bonchev–Trinajstić information content (AvgIpc) is 3.58. The molecule has 212 valence electrons. The van der Waals surface area contributed by atoms with Gasteiger partial charge in [-0.3, -0.25) is 4.79 Å². The number of carboxylic acid groups (broad SMARTS) is 1. The number of carbonyl (C=O) groups excluding carboxylic acids is 1. The zero-order valence-electron chi connectivity index (χ0n) is 22.4. The summed E-state index contributed by atoms with van der Waals surface area (Å²) in [6.45, 7) is 3.74. The Morgan fingerprint density at radius 2 is 1.51 bits per heavy atom. The van der Waals surface area contributed by atoms with Crippen LogP contribution in [-0.4, -0.2) is 63.5 Å². The molecule has 41 heavy (non-hydrogen) atoms. The number of aliphatic hydroxyl groups excluding tert-OH is 1. The number of ether oxygens (including phenoxy) is 1. The molecule has 1 saturated carbocycles. The number of aliphatic hydroxyl groups is 1.